The van der Waals surface area contributed by atoms with E-state index in [9.17, 15) is 19.5 Å². The van der Waals surface area contributed by atoms with Crippen molar-refractivity contribution in [1.29, 1.82) is 0 Å². The van der Waals surface area contributed by atoms with Gasteiger partial charge in [0.05, 0.1) is 6.54 Å². The predicted octanol–water partition coefficient (Wildman–Crippen LogP) is 4.07. The van der Waals surface area contributed by atoms with Crippen LogP contribution in [0.2, 0.25) is 0 Å². The van der Waals surface area contributed by atoms with E-state index in [1.165, 1.54) is 0 Å². The van der Waals surface area contributed by atoms with Crippen molar-refractivity contribution in [2.45, 2.75) is 50.5 Å². The van der Waals surface area contributed by atoms with E-state index in [2.05, 4.69) is 41.5 Å². The quantitative estimate of drug-likeness (QED) is 0.548. The normalized spacial score (nSPS) is 20.5. The zero-order valence-electron chi connectivity index (χ0n) is 19.8. The van der Waals surface area contributed by atoms with Gasteiger partial charge in [-0.15, -0.1) is 0 Å². The van der Waals surface area contributed by atoms with Gasteiger partial charge in [0.15, 0.2) is 0 Å². The van der Waals surface area contributed by atoms with Gasteiger partial charge in [-0.2, -0.15) is 0 Å². The second-order valence-corrected chi connectivity index (χ2v) is 9.17. The Hall–Kier alpha value is -3.79. The van der Waals surface area contributed by atoms with Crippen molar-refractivity contribution in [3.8, 4) is 23.0 Å². The van der Waals surface area contributed by atoms with Crippen LogP contribution in [0.15, 0.2) is 48.5 Å². The summed E-state index contributed by atoms with van der Waals surface area (Å²) in [7, 11) is 0. The smallest absolute Gasteiger partial charge is 0.407 e. The lowest BCUT2D eigenvalue weighted by Gasteiger charge is -2.36. The number of hydrogen-bond acceptors (Lipinski definition) is 4. The number of alkyl carbamates (subject to hydrolysis) is 1. The van der Waals surface area contributed by atoms with Crippen LogP contribution in [0.25, 0.3) is 11.1 Å². The molecular weight excluding hydrogens is 444 g/mol. The van der Waals surface area contributed by atoms with Crippen molar-refractivity contribution in [2.24, 2.45) is 5.92 Å². The summed E-state index contributed by atoms with van der Waals surface area (Å²) in [5, 5.41) is 14.8. The van der Waals surface area contributed by atoms with Gasteiger partial charge in [0.25, 0.3) is 5.91 Å². The van der Waals surface area contributed by atoms with Crippen molar-refractivity contribution in [2.75, 3.05) is 13.2 Å². The summed E-state index contributed by atoms with van der Waals surface area (Å²) in [6, 6.07) is 16.2. The number of carbonyl (C=O) groups excluding carboxylic acids is 2. The standard InChI is InChI=1S/C28H30N2O5/c1-2-19-13-15-28(16-14-19,26(32)33)30-25(31)12-7-17-29-27(34)35-18-24-22-10-5-3-8-20(22)21-9-4-6-11-23(21)24/h3-6,8-11,19,24H,2,13-18H2,1H3,(H,29,34)(H,30,31)(H,32,33). The Kier molecular flexibility index (Phi) is 7.40. The number of carboxylic acid groups (broad SMARTS) is 1. The summed E-state index contributed by atoms with van der Waals surface area (Å²) in [6.07, 6.45) is 2.70. The van der Waals surface area contributed by atoms with Gasteiger partial charge >= 0.3 is 12.1 Å². The van der Waals surface area contributed by atoms with Gasteiger partial charge in [0, 0.05) is 5.92 Å². The molecular formula is C28H30N2O5. The molecule has 2 aromatic carbocycles. The fourth-order valence-corrected chi connectivity index (χ4v) is 5.11. The second kappa shape index (κ2) is 10.6. The van der Waals surface area contributed by atoms with E-state index in [4.69, 9.17) is 4.74 Å². The fourth-order valence-electron chi connectivity index (χ4n) is 5.11. The summed E-state index contributed by atoms with van der Waals surface area (Å²) in [5.41, 5.74) is 3.28. The van der Waals surface area contributed by atoms with Crippen LogP contribution in [0.4, 0.5) is 4.79 Å². The number of amides is 2. The number of aliphatic carboxylic acids is 1. The summed E-state index contributed by atoms with van der Waals surface area (Å²) in [5.74, 6) is 3.72. The number of rotatable bonds is 6. The zero-order valence-corrected chi connectivity index (χ0v) is 19.8. The van der Waals surface area contributed by atoms with Gasteiger partial charge in [0.1, 0.15) is 12.1 Å². The van der Waals surface area contributed by atoms with E-state index in [0.717, 1.165) is 41.5 Å². The molecule has 0 radical (unpaired) electrons. The Morgan fingerprint density at radius 3 is 2.20 bits per heavy atom. The lowest BCUT2D eigenvalue weighted by Crippen LogP contribution is -2.56. The Bertz CT molecular complexity index is 1130. The molecule has 2 aliphatic rings. The lowest BCUT2D eigenvalue weighted by molar-refractivity contribution is -0.149. The number of carboxylic acids is 1. The molecule has 2 amide bonds. The highest BCUT2D eigenvalue weighted by atomic mass is 16.5. The molecule has 182 valence electrons. The van der Waals surface area contributed by atoms with Gasteiger partial charge in [-0.1, -0.05) is 67.8 Å². The topological polar surface area (TPSA) is 105 Å². The number of fused-ring (bicyclic) bond motifs is 3. The minimum Gasteiger partial charge on any atom is -0.480 e. The third-order valence-electron chi connectivity index (χ3n) is 7.16. The monoisotopic (exact) mass is 474 g/mol. The maximum absolute atomic E-state index is 12.3. The molecule has 2 aliphatic carbocycles. The maximum atomic E-state index is 12.3. The van der Waals surface area contributed by atoms with Gasteiger partial charge in [-0.05, 0) is 59.8 Å². The molecule has 4 rings (SSSR count). The molecule has 1 saturated carbocycles. The fraction of sp³-hybridized carbons (Fsp3) is 0.393. The first kappa shape index (κ1) is 24.3. The minimum absolute atomic E-state index is 0.0416. The van der Waals surface area contributed by atoms with E-state index in [1.807, 2.05) is 36.4 Å². The molecule has 7 heteroatoms. The number of ether oxygens (including phenoxy) is 1. The van der Waals surface area contributed by atoms with Gasteiger partial charge in [0.2, 0.25) is 0 Å². The molecule has 0 aromatic heterocycles. The first-order valence-electron chi connectivity index (χ1n) is 12.1. The van der Waals surface area contributed by atoms with Crippen molar-refractivity contribution in [3.63, 3.8) is 0 Å². The molecule has 1 fully saturated rings. The highest BCUT2D eigenvalue weighted by Crippen LogP contribution is 2.44. The lowest BCUT2D eigenvalue weighted by atomic mass is 9.75. The molecule has 3 N–H and O–H groups in total. The van der Waals surface area contributed by atoms with Crippen LogP contribution in [0.3, 0.4) is 0 Å². The molecule has 0 unspecified atom stereocenters. The molecule has 0 aliphatic heterocycles. The van der Waals surface area contributed by atoms with Crippen LogP contribution >= 0.6 is 0 Å². The summed E-state index contributed by atoms with van der Waals surface area (Å²) in [6.45, 7) is 2.20. The van der Waals surface area contributed by atoms with Crippen LogP contribution in [0, 0.1) is 17.8 Å². The van der Waals surface area contributed by atoms with Crippen molar-refractivity contribution in [1.82, 2.24) is 10.6 Å². The van der Waals surface area contributed by atoms with Crippen LogP contribution in [-0.4, -0.2) is 41.8 Å². The predicted molar refractivity (Wildman–Crippen MR) is 132 cm³/mol. The average molecular weight is 475 g/mol. The van der Waals surface area contributed by atoms with Crippen molar-refractivity contribution < 1.29 is 24.2 Å². The molecule has 0 saturated heterocycles. The summed E-state index contributed by atoms with van der Waals surface area (Å²) in [4.78, 5) is 36.3. The van der Waals surface area contributed by atoms with Crippen LogP contribution in [-0.2, 0) is 14.3 Å². The molecule has 0 heterocycles. The van der Waals surface area contributed by atoms with Crippen molar-refractivity contribution in [3.05, 3.63) is 59.7 Å². The number of nitrogens with one attached hydrogen (secondary N) is 2. The van der Waals surface area contributed by atoms with E-state index in [0.29, 0.717) is 18.8 Å². The van der Waals surface area contributed by atoms with E-state index in [1.54, 1.807) is 0 Å². The first-order valence-corrected chi connectivity index (χ1v) is 12.1. The molecule has 0 atom stereocenters. The van der Waals surface area contributed by atoms with Gasteiger partial charge < -0.3 is 20.5 Å². The van der Waals surface area contributed by atoms with Gasteiger partial charge in [-0.25, -0.2) is 9.59 Å². The largest absolute Gasteiger partial charge is 0.480 e. The Morgan fingerprint density at radius 1 is 1.03 bits per heavy atom. The number of hydrogen-bond donors (Lipinski definition) is 3. The van der Waals surface area contributed by atoms with E-state index < -0.39 is 23.5 Å². The van der Waals surface area contributed by atoms with E-state index >= 15 is 0 Å². The van der Waals surface area contributed by atoms with Crippen LogP contribution in [0.5, 0.6) is 0 Å². The minimum atomic E-state index is -1.27. The third kappa shape index (κ3) is 5.32. The van der Waals surface area contributed by atoms with Crippen LogP contribution in [0.1, 0.15) is 56.1 Å². The first-order chi connectivity index (χ1) is 16.9. The Labute approximate surface area is 205 Å². The summed E-state index contributed by atoms with van der Waals surface area (Å²) >= 11 is 0. The van der Waals surface area contributed by atoms with Crippen LogP contribution < -0.4 is 10.6 Å². The van der Waals surface area contributed by atoms with E-state index in [-0.39, 0.29) is 19.1 Å². The number of benzene rings is 2. The molecule has 7 nitrogen and oxygen atoms in total. The van der Waals surface area contributed by atoms with Crippen molar-refractivity contribution >= 4 is 18.0 Å². The second-order valence-electron chi connectivity index (χ2n) is 9.17. The maximum Gasteiger partial charge on any atom is 0.407 e. The molecule has 35 heavy (non-hydrogen) atoms. The SMILES string of the molecule is CCC1CCC(NC(=O)C#CCNC(=O)OCC2c3ccccc3-c3ccccc32)(C(=O)O)CC1. The third-order valence-corrected chi connectivity index (χ3v) is 7.16. The molecule has 0 spiro atoms. The number of carbonyl (C=O) groups is 3. The zero-order chi connectivity index (χ0) is 24.8. The Balaban J connectivity index is 1.27. The Morgan fingerprint density at radius 2 is 1.63 bits per heavy atom. The average Bonchev–Trinajstić information content (AvgIpc) is 3.19. The highest BCUT2D eigenvalue weighted by Gasteiger charge is 2.42. The summed E-state index contributed by atoms with van der Waals surface area (Å²) < 4.78 is 5.44. The highest BCUT2D eigenvalue weighted by molar-refractivity contribution is 5.97. The van der Waals surface area contributed by atoms with Gasteiger partial charge in [-0.3, -0.25) is 4.79 Å². The molecule has 2 aromatic rings. The molecule has 0 bridgehead atoms.